The zero-order valence-electron chi connectivity index (χ0n) is 24.8. The number of rotatable bonds is 10. The maximum Gasteiger partial charge on any atom is 0.261 e. The highest BCUT2D eigenvalue weighted by molar-refractivity contribution is 6.21. The second-order valence-corrected chi connectivity index (χ2v) is 9.39. The van der Waals surface area contributed by atoms with Crippen LogP contribution >= 0.6 is 0 Å². The van der Waals surface area contributed by atoms with Crippen LogP contribution in [0.4, 0.5) is 8.78 Å². The van der Waals surface area contributed by atoms with Crippen molar-refractivity contribution in [2.24, 2.45) is 10.7 Å². The SMILES string of the molecule is CCOc1cc(CN2C(=O)c3ccccc3C2=O)c(C#N)c(F)c1OCC.CCOc1cc2c(c(F)c1OCC)C(N)=NC2. The Morgan fingerprint density at radius 2 is 1.39 bits per heavy atom. The molecule has 2 N–H and O–H groups in total. The van der Waals surface area contributed by atoms with E-state index in [0.29, 0.717) is 31.1 Å². The lowest BCUT2D eigenvalue weighted by Gasteiger charge is -2.18. The zero-order chi connectivity index (χ0) is 32.0. The normalized spacial score (nSPS) is 12.9. The first-order valence-corrected chi connectivity index (χ1v) is 14.1. The molecular weight excluding hydrogens is 574 g/mol. The summed E-state index contributed by atoms with van der Waals surface area (Å²) in [5.41, 5.74) is 7.21. The summed E-state index contributed by atoms with van der Waals surface area (Å²) in [6, 6.07) is 11.4. The molecular formula is C32H32F2N4O6. The number of aliphatic imine (C=N–C) groups is 1. The Kier molecular flexibility index (Phi) is 10.0. The van der Waals surface area contributed by atoms with E-state index in [-0.39, 0.29) is 65.1 Å². The van der Waals surface area contributed by atoms with Crippen LogP contribution in [0.3, 0.4) is 0 Å². The first-order chi connectivity index (χ1) is 21.2. The summed E-state index contributed by atoms with van der Waals surface area (Å²) in [6.45, 7) is 8.48. The lowest BCUT2D eigenvalue weighted by atomic mass is 10.1. The molecule has 0 spiro atoms. The first-order valence-electron chi connectivity index (χ1n) is 14.1. The Bertz CT molecular complexity index is 1630. The van der Waals surface area contributed by atoms with Crippen molar-refractivity contribution in [1.82, 2.24) is 4.90 Å². The van der Waals surface area contributed by atoms with Gasteiger partial charge in [0.15, 0.2) is 34.6 Å². The van der Waals surface area contributed by atoms with Gasteiger partial charge in [-0.1, -0.05) is 12.1 Å². The predicted molar refractivity (Wildman–Crippen MR) is 157 cm³/mol. The van der Waals surface area contributed by atoms with Crippen molar-refractivity contribution in [3.8, 4) is 29.1 Å². The lowest BCUT2D eigenvalue weighted by Crippen LogP contribution is -2.29. The number of benzene rings is 3. The molecule has 2 aliphatic heterocycles. The second-order valence-electron chi connectivity index (χ2n) is 9.39. The van der Waals surface area contributed by atoms with E-state index in [2.05, 4.69) is 4.99 Å². The highest BCUT2D eigenvalue weighted by atomic mass is 19.1. The van der Waals surface area contributed by atoms with E-state index < -0.39 is 23.4 Å². The third-order valence-corrected chi connectivity index (χ3v) is 6.71. The van der Waals surface area contributed by atoms with E-state index in [4.69, 9.17) is 24.7 Å². The molecule has 0 unspecified atom stereocenters. The quantitative estimate of drug-likeness (QED) is 0.314. The Balaban J connectivity index is 0.000000223. The van der Waals surface area contributed by atoms with Gasteiger partial charge in [-0.3, -0.25) is 19.5 Å². The van der Waals surface area contributed by atoms with Gasteiger partial charge in [0.05, 0.1) is 61.8 Å². The van der Waals surface area contributed by atoms with Crippen molar-refractivity contribution < 1.29 is 37.3 Å². The van der Waals surface area contributed by atoms with Crippen molar-refractivity contribution >= 4 is 17.6 Å². The van der Waals surface area contributed by atoms with Crippen molar-refractivity contribution in [2.75, 3.05) is 26.4 Å². The van der Waals surface area contributed by atoms with Crippen molar-refractivity contribution in [1.29, 1.82) is 5.26 Å². The number of carbonyl (C=O) groups is 2. The van der Waals surface area contributed by atoms with Gasteiger partial charge in [-0.2, -0.15) is 5.26 Å². The van der Waals surface area contributed by atoms with Crippen LogP contribution in [-0.4, -0.2) is 49.0 Å². The smallest absolute Gasteiger partial charge is 0.261 e. The summed E-state index contributed by atoms with van der Waals surface area (Å²) in [4.78, 5) is 30.1. The Hall–Kier alpha value is -5.18. The number of halogens is 2. The third-order valence-electron chi connectivity index (χ3n) is 6.71. The molecule has 0 aromatic heterocycles. The van der Waals surface area contributed by atoms with Gasteiger partial charge < -0.3 is 24.7 Å². The fourth-order valence-corrected chi connectivity index (χ4v) is 4.85. The number of nitrogens with zero attached hydrogens (tertiary/aromatic N) is 3. The summed E-state index contributed by atoms with van der Waals surface area (Å²) in [5, 5.41) is 9.42. The molecule has 2 aliphatic rings. The van der Waals surface area contributed by atoms with Crippen LogP contribution in [0.25, 0.3) is 0 Å². The number of hydrogen-bond donors (Lipinski definition) is 1. The molecule has 3 aromatic rings. The minimum atomic E-state index is -0.864. The molecule has 0 bridgehead atoms. The van der Waals surface area contributed by atoms with E-state index in [1.165, 1.54) is 6.07 Å². The van der Waals surface area contributed by atoms with Crippen LogP contribution in [0.5, 0.6) is 23.0 Å². The number of carbonyl (C=O) groups excluding carboxylic acids is 2. The van der Waals surface area contributed by atoms with Gasteiger partial charge in [0.2, 0.25) is 0 Å². The molecule has 0 atom stereocenters. The number of imide groups is 1. The topological polar surface area (TPSA) is 136 Å². The van der Waals surface area contributed by atoms with E-state index >= 15 is 0 Å². The Morgan fingerprint density at radius 1 is 0.864 bits per heavy atom. The molecule has 0 radical (unpaired) electrons. The maximum atomic E-state index is 14.8. The summed E-state index contributed by atoms with van der Waals surface area (Å²) >= 11 is 0. The molecule has 0 saturated heterocycles. The molecule has 44 heavy (non-hydrogen) atoms. The number of amidine groups is 1. The van der Waals surface area contributed by atoms with Crippen LogP contribution in [0.2, 0.25) is 0 Å². The van der Waals surface area contributed by atoms with Crippen LogP contribution in [0.1, 0.15) is 70.7 Å². The minimum absolute atomic E-state index is 0.119. The fraction of sp³-hybridized carbons (Fsp3) is 0.312. The minimum Gasteiger partial charge on any atom is -0.490 e. The maximum absolute atomic E-state index is 14.8. The largest absolute Gasteiger partial charge is 0.490 e. The standard InChI is InChI=1S/C20H17FN2O4.C12H15FN2O2/c1-3-26-16-9-12(15(10-22)17(21)18(16)27-4-2)11-23-19(24)13-7-5-6-8-14(13)20(23)25;1-3-16-8-5-7-6-15-12(14)9(7)10(13)11(8)17-4-2/h5-9H,3-4,11H2,1-2H3;5H,3-4,6H2,1-2H3,(H2,14,15). The number of hydrogen-bond acceptors (Lipinski definition) is 9. The van der Waals surface area contributed by atoms with Crippen LogP contribution in [-0.2, 0) is 13.1 Å². The summed E-state index contributed by atoms with van der Waals surface area (Å²) in [5.74, 6) is -1.57. The summed E-state index contributed by atoms with van der Waals surface area (Å²) in [7, 11) is 0. The van der Waals surface area contributed by atoms with Gasteiger partial charge in [-0.05, 0) is 63.1 Å². The van der Waals surface area contributed by atoms with Crippen molar-refractivity contribution in [3.05, 3.63) is 81.4 Å². The van der Waals surface area contributed by atoms with Crippen molar-refractivity contribution in [3.63, 3.8) is 0 Å². The van der Waals surface area contributed by atoms with Crippen LogP contribution < -0.4 is 24.7 Å². The molecule has 2 heterocycles. The van der Waals surface area contributed by atoms with Gasteiger partial charge in [-0.25, -0.2) is 8.78 Å². The Labute approximate surface area is 253 Å². The molecule has 5 rings (SSSR count). The van der Waals surface area contributed by atoms with Crippen LogP contribution in [0, 0.1) is 23.0 Å². The molecule has 0 fully saturated rings. The predicted octanol–water partition coefficient (Wildman–Crippen LogP) is 5.13. The first kappa shape index (κ1) is 31.7. The third kappa shape index (κ3) is 5.99. The van der Waals surface area contributed by atoms with Gasteiger partial charge in [0, 0.05) is 0 Å². The lowest BCUT2D eigenvalue weighted by molar-refractivity contribution is 0.0641. The highest BCUT2D eigenvalue weighted by Gasteiger charge is 2.36. The molecule has 2 amide bonds. The second kappa shape index (κ2) is 13.9. The fourth-order valence-electron chi connectivity index (χ4n) is 4.85. The van der Waals surface area contributed by atoms with Crippen molar-refractivity contribution in [2.45, 2.75) is 40.8 Å². The van der Waals surface area contributed by atoms with E-state index in [9.17, 15) is 23.6 Å². The number of nitriles is 1. The number of nitrogens with two attached hydrogens (primary N) is 1. The zero-order valence-corrected chi connectivity index (χ0v) is 24.8. The van der Waals surface area contributed by atoms with Gasteiger partial charge >= 0.3 is 0 Å². The van der Waals surface area contributed by atoms with E-state index in [1.54, 1.807) is 57.2 Å². The summed E-state index contributed by atoms with van der Waals surface area (Å²) < 4.78 is 50.4. The van der Waals surface area contributed by atoms with E-state index in [0.717, 1.165) is 10.5 Å². The monoisotopic (exact) mass is 606 g/mol. The number of ether oxygens (including phenoxy) is 4. The molecule has 12 heteroatoms. The number of fused-ring (bicyclic) bond motifs is 2. The molecule has 0 saturated carbocycles. The molecule has 10 nitrogen and oxygen atoms in total. The molecule has 3 aromatic carbocycles. The number of amides is 2. The average Bonchev–Trinajstić information content (AvgIpc) is 3.50. The van der Waals surface area contributed by atoms with Gasteiger partial charge in [-0.15, -0.1) is 0 Å². The molecule has 230 valence electrons. The van der Waals surface area contributed by atoms with Gasteiger partial charge in [0.25, 0.3) is 11.8 Å². The Morgan fingerprint density at radius 3 is 1.91 bits per heavy atom. The highest BCUT2D eigenvalue weighted by Crippen LogP contribution is 2.38. The average molecular weight is 607 g/mol. The van der Waals surface area contributed by atoms with E-state index in [1.807, 2.05) is 6.92 Å². The van der Waals surface area contributed by atoms with Crippen LogP contribution in [0.15, 0.2) is 41.4 Å². The van der Waals surface area contributed by atoms with Gasteiger partial charge in [0.1, 0.15) is 11.9 Å². The molecule has 0 aliphatic carbocycles. The summed E-state index contributed by atoms with van der Waals surface area (Å²) in [6.07, 6.45) is 0.